The summed E-state index contributed by atoms with van der Waals surface area (Å²) >= 11 is 0. The van der Waals surface area contributed by atoms with Crippen LogP contribution in [0.5, 0.6) is 0 Å². The summed E-state index contributed by atoms with van der Waals surface area (Å²) in [5.74, 6) is 0. The number of nitrogens with zero attached hydrogens (tertiary/aromatic N) is 3. The van der Waals surface area contributed by atoms with Crippen LogP contribution < -0.4 is 5.73 Å². The molecule has 0 aromatic heterocycles. The molecule has 1 rings (SSSR count). The second-order valence-corrected chi connectivity index (χ2v) is 2.50. The third-order valence-corrected chi connectivity index (χ3v) is 1.43. The molecule has 0 atom stereocenters. The molecule has 74 valence electrons. The second-order valence-electron chi connectivity index (χ2n) is 2.50. The molecule has 0 saturated heterocycles. The molecule has 0 amide bonds. The lowest BCUT2D eigenvalue weighted by Gasteiger charge is -2.07. The fourth-order valence-electron chi connectivity index (χ4n) is 0.908. The molecule has 0 heterocycles. The summed E-state index contributed by atoms with van der Waals surface area (Å²) in [6.45, 7) is 0. The average molecular weight is 202 g/mol. The first-order chi connectivity index (χ1) is 6.43. The first-order valence-electron chi connectivity index (χ1n) is 3.46. The van der Waals surface area contributed by atoms with E-state index in [2.05, 4.69) is 10.0 Å². The van der Waals surface area contributed by atoms with Crippen molar-refractivity contribution < 1.29 is 13.2 Å². The summed E-state index contributed by atoms with van der Waals surface area (Å²) in [4.78, 5) is 2.37. The van der Waals surface area contributed by atoms with Crippen molar-refractivity contribution in [3.8, 4) is 0 Å². The number of rotatable bonds is 1. The topological polar surface area (TPSA) is 74.8 Å². The minimum atomic E-state index is -4.49. The number of nitrogen functional groups attached to an aromatic ring is 1. The third-order valence-electron chi connectivity index (χ3n) is 1.43. The summed E-state index contributed by atoms with van der Waals surface area (Å²) in [7, 11) is 0. The zero-order valence-electron chi connectivity index (χ0n) is 6.78. The van der Waals surface area contributed by atoms with Crippen molar-refractivity contribution in [2.75, 3.05) is 5.73 Å². The Kier molecular flexibility index (Phi) is 2.53. The smallest absolute Gasteiger partial charge is 0.399 e. The fraction of sp³-hybridized carbons (Fsp3) is 0.143. The first kappa shape index (κ1) is 10.2. The Balaban J connectivity index is 3.27. The quantitative estimate of drug-likeness (QED) is 0.322. The van der Waals surface area contributed by atoms with E-state index < -0.39 is 11.7 Å². The van der Waals surface area contributed by atoms with Gasteiger partial charge in [-0.15, -0.1) is 0 Å². The Morgan fingerprint density at radius 3 is 2.43 bits per heavy atom. The maximum absolute atomic E-state index is 12.2. The molecular formula is C7H5F3N4. The van der Waals surface area contributed by atoms with Crippen molar-refractivity contribution >= 4 is 11.4 Å². The maximum Gasteiger partial charge on any atom is 0.416 e. The van der Waals surface area contributed by atoms with Gasteiger partial charge in [-0.1, -0.05) is 5.11 Å². The van der Waals surface area contributed by atoms with E-state index in [0.717, 1.165) is 18.2 Å². The van der Waals surface area contributed by atoms with Crippen LogP contribution in [0.3, 0.4) is 0 Å². The molecule has 0 fully saturated rings. The summed E-state index contributed by atoms with van der Waals surface area (Å²) in [5.41, 5.74) is 12.1. The predicted molar refractivity (Wildman–Crippen MR) is 44.7 cm³/mol. The van der Waals surface area contributed by atoms with Crippen LogP contribution >= 0.6 is 0 Å². The number of hydrogen-bond donors (Lipinski definition) is 1. The largest absolute Gasteiger partial charge is 0.416 e. The first-order valence-corrected chi connectivity index (χ1v) is 3.46. The fourth-order valence-corrected chi connectivity index (χ4v) is 0.908. The van der Waals surface area contributed by atoms with Crippen LogP contribution in [-0.4, -0.2) is 0 Å². The third kappa shape index (κ3) is 2.30. The molecule has 0 bridgehead atoms. The van der Waals surface area contributed by atoms with Gasteiger partial charge < -0.3 is 5.73 Å². The van der Waals surface area contributed by atoms with E-state index in [9.17, 15) is 13.2 Å². The molecule has 1 aromatic carbocycles. The molecule has 14 heavy (non-hydrogen) atoms. The zero-order chi connectivity index (χ0) is 10.8. The molecule has 0 unspecified atom stereocenters. The van der Waals surface area contributed by atoms with Gasteiger partial charge in [-0.05, 0) is 23.7 Å². The highest BCUT2D eigenvalue weighted by Crippen LogP contribution is 2.33. The summed E-state index contributed by atoms with van der Waals surface area (Å²) < 4.78 is 36.6. The summed E-state index contributed by atoms with van der Waals surface area (Å²) in [5, 5.41) is 3.04. The van der Waals surface area contributed by atoms with Crippen LogP contribution in [0.25, 0.3) is 10.4 Å². The molecule has 0 spiro atoms. The lowest BCUT2D eigenvalue weighted by molar-refractivity contribution is -0.137. The van der Waals surface area contributed by atoms with Gasteiger partial charge in [0.15, 0.2) is 0 Å². The Morgan fingerprint density at radius 2 is 1.93 bits per heavy atom. The number of halogens is 3. The number of hydrogen-bond acceptors (Lipinski definition) is 2. The summed E-state index contributed by atoms with van der Waals surface area (Å²) in [6.07, 6.45) is -4.49. The van der Waals surface area contributed by atoms with Crippen molar-refractivity contribution in [2.24, 2.45) is 5.11 Å². The van der Waals surface area contributed by atoms with Gasteiger partial charge in [0.25, 0.3) is 0 Å². The molecule has 0 aliphatic carbocycles. The maximum atomic E-state index is 12.2. The van der Waals surface area contributed by atoms with Crippen LogP contribution in [-0.2, 0) is 6.18 Å². The van der Waals surface area contributed by atoms with Crippen molar-refractivity contribution in [3.05, 3.63) is 34.2 Å². The molecule has 1 aromatic rings. The van der Waals surface area contributed by atoms with Crippen LogP contribution in [0.4, 0.5) is 24.5 Å². The molecular weight excluding hydrogens is 197 g/mol. The van der Waals surface area contributed by atoms with E-state index in [1.54, 1.807) is 0 Å². The highest BCUT2D eigenvalue weighted by molar-refractivity contribution is 5.54. The summed E-state index contributed by atoms with van der Waals surface area (Å²) in [6, 6.07) is 2.67. The number of anilines is 1. The Labute approximate surface area is 76.8 Å². The van der Waals surface area contributed by atoms with Crippen LogP contribution in [0.15, 0.2) is 23.3 Å². The van der Waals surface area contributed by atoms with Crippen molar-refractivity contribution in [2.45, 2.75) is 6.18 Å². The minimum absolute atomic E-state index is 0.0952. The molecule has 0 aliphatic rings. The van der Waals surface area contributed by atoms with E-state index in [1.165, 1.54) is 0 Å². The highest BCUT2D eigenvalue weighted by Gasteiger charge is 2.30. The standard InChI is InChI=1S/C7H5F3N4/c8-7(9,10)4-1-5(11)3-6(2-4)13-14-12/h1-3H,11H2. The number of nitrogens with two attached hydrogens (primary N) is 1. The van der Waals surface area contributed by atoms with E-state index in [1.807, 2.05) is 0 Å². The molecule has 0 aliphatic heterocycles. The molecule has 0 saturated carbocycles. The zero-order valence-corrected chi connectivity index (χ0v) is 6.78. The Bertz CT molecular complexity index is 392. The van der Waals surface area contributed by atoms with Crippen molar-refractivity contribution in [1.82, 2.24) is 0 Å². The molecule has 0 radical (unpaired) electrons. The van der Waals surface area contributed by atoms with E-state index in [0.29, 0.717) is 0 Å². The molecule has 4 nitrogen and oxygen atoms in total. The van der Waals surface area contributed by atoms with Crippen LogP contribution in [0.2, 0.25) is 0 Å². The van der Waals surface area contributed by atoms with E-state index >= 15 is 0 Å². The lowest BCUT2D eigenvalue weighted by Crippen LogP contribution is -2.05. The van der Waals surface area contributed by atoms with Gasteiger partial charge in [0.05, 0.1) is 5.56 Å². The molecule has 2 N–H and O–H groups in total. The van der Waals surface area contributed by atoms with E-state index in [4.69, 9.17) is 11.3 Å². The normalized spacial score (nSPS) is 10.8. The van der Waals surface area contributed by atoms with Gasteiger partial charge >= 0.3 is 6.18 Å². The molecule has 7 heteroatoms. The van der Waals surface area contributed by atoms with Gasteiger partial charge in [0.2, 0.25) is 0 Å². The highest BCUT2D eigenvalue weighted by atomic mass is 19.4. The van der Waals surface area contributed by atoms with Crippen LogP contribution in [0.1, 0.15) is 5.56 Å². The predicted octanol–water partition coefficient (Wildman–Crippen LogP) is 3.23. The average Bonchev–Trinajstić information content (AvgIpc) is 2.02. The van der Waals surface area contributed by atoms with Gasteiger partial charge in [0, 0.05) is 16.3 Å². The lowest BCUT2D eigenvalue weighted by atomic mass is 10.2. The van der Waals surface area contributed by atoms with Gasteiger partial charge in [-0.3, -0.25) is 0 Å². The van der Waals surface area contributed by atoms with Gasteiger partial charge in [-0.2, -0.15) is 13.2 Å². The Hall–Kier alpha value is -1.88. The Morgan fingerprint density at radius 1 is 1.29 bits per heavy atom. The number of azide groups is 1. The van der Waals surface area contributed by atoms with E-state index in [-0.39, 0.29) is 11.4 Å². The number of benzene rings is 1. The van der Waals surface area contributed by atoms with Gasteiger partial charge in [-0.25, -0.2) is 0 Å². The van der Waals surface area contributed by atoms with Crippen molar-refractivity contribution in [1.29, 1.82) is 0 Å². The second kappa shape index (κ2) is 3.47. The van der Waals surface area contributed by atoms with Crippen molar-refractivity contribution in [3.63, 3.8) is 0 Å². The number of alkyl halides is 3. The van der Waals surface area contributed by atoms with Gasteiger partial charge in [0.1, 0.15) is 0 Å². The van der Waals surface area contributed by atoms with Crippen LogP contribution in [0, 0.1) is 0 Å². The minimum Gasteiger partial charge on any atom is -0.399 e. The SMILES string of the molecule is [N-]=[N+]=Nc1cc(N)cc(C(F)(F)F)c1. The monoisotopic (exact) mass is 202 g/mol.